The van der Waals surface area contributed by atoms with Crippen LogP contribution in [0.1, 0.15) is 26.2 Å². The smallest absolute Gasteiger partial charge is 0.435 e. The van der Waals surface area contributed by atoms with Crippen molar-refractivity contribution < 1.29 is 14.4 Å². The van der Waals surface area contributed by atoms with Gasteiger partial charge in [0.15, 0.2) is 6.67 Å². The molecule has 0 fully saturated rings. The fourth-order valence-corrected chi connectivity index (χ4v) is 1.74. The molecule has 0 saturated heterocycles. The van der Waals surface area contributed by atoms with Crippen LogP contribution < -0.4 is 0 Å². The molecular weight excluding hydrogens is 180 g/mol. The van der Waals surface area contributed by atoms with Crippen LogP contribution in [-0.4, -0.2) is 40.8 Å². The predicted octanol–water partition coefficient (Wildman–Crippen LogP) is 2.05. The van der Waals surface area contributed by atoms with E-state index in [9.17, 15) is 9.90 Å². The zero-order chi connectivity index (χ0) is 10.6. The van der Waals surface area contributed by atoms with Gasteiger partial charge in [-0.25, -0.2) is 0 Å². The van der Waals surface area contributed by atoms with Crippen molar-refractivity contribution >= 4 is 6.09 Å². The Morgan fingerprint density at radius 2 is 2.29 bits per heavy atom. The normalized spacial score (nSPS) is 25.7. The van der Waals surface area contributed by atoms with E-state index in [1.807, 2.05) is 18.1 Å². The van der Waals surface area contributed by atoms with E-state index in [0.717, 1.165) is 19.3 Å². The molecule has 1 heterocycles. The third-order valence-corrected chi connectivity index (χ3v) is 2.62. The van der Waals surface area contributed by atoms with Gasteiger partial charge < -0.3 is 10.0 Å². The first-order chi connectivity index (χ1) is 6.60. The van der Waals surface area contributed by atoms with Crippen LogP contribution in [0.5, 0.6) is 0 Å². The van der Waals surface area contributed by atoms with E-state index in [1.165, 1.54) is 0 Å². The first-order valence-electron chi connectivity index (χ1n) is 5.10. The largest absolute Gasteiger partial charge is 0.519 e. The first-order valence-corrected chi connectivity index (χ1v) is 5.10. The van der Waals surface area contributed by atoms with Crippen molar-refractivity contribution in [2.24, 2.45) is 0 Å². The Balaban J connectivity index is 2.56. The number of quaternary nitrogens is 1. The number of nitrogens with zero attached hydrogens (tertiary/aromatic N) is 2. The second kappa shape index (κ2) is 4.46. The molecule has 0 aromatic carbocycles. The molecular formula is C10H19N2O2+. The fraction of sp³-hybridized carbons (Fsp3) is 0.700. The molecule has 1 unspecified atom stereocenters. The van der Waals surface area contributed by atoms with Gasteiger partial charge in [0, 0.05) is 7.05 Å². The highest BCUT2D eigenvalue weighted by Crippen LogP contribution is 2.19. The summed E-state index contributed by atoms with van der Waals surface area (Å²) in [5, 5.41) is 9.18. The molecule has 1 amide bonds. The van der Waals surface area contributed by atoms with E-state index in [0.29, 0.717) is 13.2 Å². The highest BCUT2D eigenvalue weighted by molar-refractivity contribution is 5.57. The molecule has 1 aliphatic heterocycles. The lowest BCUT2D eigenvalue weighted by molar-refractivity contribution is -0.808. The van der Waals surface area contributed by atoms with Crippen LogP contribution in [0.25, 0.3) is 0 Å². The molecule has 0 bridgehead atoms. The van der Waals surface area contributed by atoms with Gasteiger partial charge in [0.1, 0.15) is 6.20 Å². The Labute approximate surface area is 85.0 Å². The van der Waals surface area contributed by atoms with E-state index in [-0.39, 0.29) is 4.48 Å². The Morgan fingerprint density at radius 1 is 1.57 bits per heavy atom. The van der Waals surface area contributed by atoms with Crippen molar-refractivity contribution in [2.75, 3.05) is 20.3 Å². The van der Waals surface area contributed by atoms with Gasteiger partial charge in [-0.2, -0.15) is 9.28 Å². The summed E-state index contributed by atoms with van der Waals surface area (Å²) in [6.07, 6.45) is 6.07. The van der Waals surface area contributed by atoms with Crippen LogP contribution in [0.4, 0.5) is 4.79 Å². The van der Waals surface area contributed by atoms with Crippen molar-refractivity contribution in [1.29, 1.82) is 0 Å². The van der Waals surface area contributed by atoms with Crippen LogP contribution in [0.15, 0.2) is 12.4 Å². The molecule has 0 radical (unpaired) electrons. The maximum absolute atomic E-state index is 11.2. The van der Waals surface area contributed by atoms with Crippen molar-refractivity contribution in [1.82, 2.24) is 4.90 Å². The van der Waals surface area contributed by atoms with E-state index < -0.39 is 6.09 Å². The molecule has 4 nitrogen and oxygen atoms in total. The lowest BCUT2D eigenvalue weighted by Gasteiger charge is -2.25. The molecule has 1 N–H and O–H groups in total. The summed E-state index contributed by atoms with van der Waals surface area (Å²) in [7, 11) is 1.90. The van der Waals surface area contributed by atoms with E-state index in [4.69, 9.17) is 0 Å². The van der Waals surface area contributed by atoms with Crippen LogP contribution in [-0.2, 0) is 0 Å². The number of hydrogen-bond donors (Lipinski definition) is 1. The third-order valence-electron chi connectivity index (χ3n) is 2.62. The first kappa shape index (κ1) is 11.0. The number of hydrogen-bond acceptors (Lipinski definition) is 2. The Kier molecular flexibility index (Phi) is 3.52. The molecule has 0 aromatic rings. The number of amides is 1. The number of rotatable bonds is 4. The highest BCUT2D eigenvalue weighted by Gasteiger charge is 2.38. The van der Waals surface area contributed by atoms with Gasteiger partial charge in [-0.05, 0) is 12.8 Å². The van der Waals surface area contributed by atoms with Gasteiger partial charge in [-0.1, -0.05) is 13.3 Å². The number of unbranched alkanes of at least 4 members (excludes halogenated alkanes) is 2. The monoisotopic (exact) mass is 199 g/mol. The van der Waals surface area contributed by atoms with Gasteiger partial charge in [0.2, 0.25) is 0 Å². The van der Waals surface area contributed by atoms with Crippen LogP contribution in [0.3, 0.4) is 0 Å². The molecule has 0 saturated carbocycles. The van der Waals surface area contributed by atoms with E-state index >= 15 is 0 Å². The molecule has 1 aliphatic rings. The van der Waals surface area contributed by atoms with Gasteiger partial charge in [-0.3, -0.25) is 0 Å². The second-order valence-electron chi connectivity index (χ2n) is 3.94. The lowest BCUT2D eigenvalue weighted by Crippen LogP contribution is -2.49. The summed E-state index contributed by atoms with van der Waals surface area (Å²) in [6, 6.07) is 0. The van der Waals surface area contributed by atoms with E-state index in [2.05, 4.69) is 6.92 Å². The summed E-state index contributed by atoms with van der Waals surface area (Å²) in [4.78, 5) is 13.1. The Bertz CT molecular complexity index is 240. The highest BCUT2D eigenvalue weighted by atomic mass is 16.4. The van der Waals surface area contributed by atoms with Crippen molar-refractivity contribution in [3.8, 4) is 0 Å². The molecule has 4 heteroatoms. The second-order valence-corrected chi connectivity index (χ2v) is 3.94. The zero-order valence-electron chi connectivity index (χ0n) is 8.94. The molecule has 14 heavy (non-hydrogen) atoms. The zero-order valence-corrected chi connectivity index (χ0v) is 8.94. The average Bonchev–Trinajstić information content (AvgIpc) is 2.49. The maximum atomic E-state index is 11.2. The summed E-state index contributed by atoms with van der Waals surface area (Å²) in [5.74, 6) is 0. The Morgan fingerprint density at radius 3 is 2.71 bits per heavy atom. The van der Waals surface area contributed by atoms with Crippen molar-refractivity contribution in [3.63, 3.8) is 0 Å². The van der Waals surface area contributed by atoms with Gasteiger partial charge in [0.05, 0.1) is 12.7 Å². The van der Waals surface area contributed by atoms with Crippen molar-refractivity contribution in [3.05, 3.63) is 12.4 Å². The predicted molar refractivity (Wildman–Crippen MR) is 54.4 cm³/mol. The standard InChI is InChI=1S/C10H18N2O2/c1-3-4-5-7-12(10(13)14)8-6-11(2)9-12/h6,8H,3-5,7,9H2,1-2H3/p+1. The van der Waals surface area contributed by atoms with Gasteiger partial charge >= 0.3 is 6.09 Å². The minimum atomic E-state index is -0.748. The summed E-state index contributed by atoms with van der Waals surface area (Å²) < 4.78 is 0.0660. The topological polar surface area (TPSA) is 40.5 Å². The molecule has 0 aromatic heterocycles. The van der Waals surface area contributed by atoms with Crippen LogP contribution in [0, 0.1) is 0 Å². The fourth-order valence-electron chi connectivity index (χ4n) is 1.74. The third kappa shape index (κ3) is 2.26. The molecule has 0 spiro atoms. The van der Waals surface area contributed by atoms with E-state index in [1.54, 1.807) is 6.20 Å². The van der Waals surface area contributed by atoms with Crippen LogP contribution in [0.2, 0.25) is 0 Å². The molecule has 80 valence electrons. The molecule has 1 rings (SSSR count). The summed E-state index contributed by atoms with van der Waals surface area (Å²) >= 11 is 0. The van der Waals surface area contributed by atoms with Gasteiger partial charge in [0.25, 0.3) is 0 Å². The SMILES string of the molecule is CCCCC[N+]1(C(=O)O)C=CN(C)C1. The maximum Gasteiger partial charge on any atom is 0.519 e. The molecule has 1 atom stereocenters. The minimum absolute atomic E-state index is 0.0660. The Hall–Kier alpha value is -1.03. The number of carbonyl (C=O) groups is 1. The summed E-state index contributed by atoms with van der Waals surface area (Å²) in [6.45, 7) is 3.38. The average molecular weight is 199 g/mol. The summed E-state index contributed by atoms with van der Waals surface area (Å²) in [5.41, 5.74) is 0. The van der Waals surface area contributed by atoms with Crippen molar-refractivity contribution in [2.45, 2.75) is 26.2 Å². The molecule has 0 aliphatic carbocycles. The quantitative estimate of drug-likeness (QED) is 0.556. The lowest BCUT2D eigenvalue weighted by atomic mass is 10.2. The minimum Gasteiger partial charge on any atom is -0.435 e. The van der Waals surface area contributed by atoms with Gasteiger partial charge in [-0.15, -0.1) is 0 Å². The number of carboxylic acid groups (broad SMARTS) is 1. The van der Waals surface area contributed by atoms with Crippen LogP contribution >= 0.6 is 0 Å².